The Labute approximate surface area is 172 Å². The molecule has 0 spiro atoms. The monoisotopic (exact) mass is 395 g/mol. The second-order valence-electron chi connectivity index (χ2n) is 7.77. The Bertz CT molecular complexity index is 843. The second kappa shape index (κ2) is 8.72. The number of benzene rings is 1. The molecule has 6 heteroatoms. The number of hydrogen-bond acceptors (Lipinski definition) is 5. The molecule has 2 aromatic rings. The summed E-state index contributed by atoms with van der Waals surface area (Å²) in [5, 5.41) is 0. The standard InChI is InChI=1S/C23H29N3O3/c1-28-18-10-11-19(21(15-18)29-2)20-8-6-14-26(20)23(27)17-7-5-13-25(16-17)22-9-3-4-12-24-22/h3-4,9-12,15,17,20H,5-8,13-14,16H2,1-2H3/t17-,20-/m1/s1. The van der Waals surface area contributed by atoms with Crippen molar-refractivity contribution < 1.29 is 14.3 Å². The molecular weight excluding hydrogens is 366 g/mol. The summed E-state index contributed by atoms with van der Waals surface area (Å²) >= 11 is 0. The summed E-state index contributed by atoms with van der Waals surface area (Å²) in [5.41, 5.74) is 1.07. The molecule has 3 heterocycles. The van der Waals surface area contributed by atoms with E-state index >= 15 is 0 Å². The second-order valence-corrected chi connectivity index (χ2v) is 7.77. The lowest BCUT2D eigenvalue weighted by Crippen LogP contribution is -2.45. The highest BCUT2D eigenvalue weighted by atomic mass is 16.5. The van der Waals surface area contributed by atoms with Gasteiger partial charge in [0.1, 0.15) is 17.3 Å². The van der Waals surface area contributed by atoms with Gasteiger partial charge < -0.3 is 19.3 Å². The van der Waals surface area contributed by atoms with E-state index in [-0.39, 0.29) is 17.9 Å². The maximum absolute atomic E-state index is 13.5. The molecule has 1 aromatic carbocycles. The van der Waals surface area contributed by atoms with Crippen LogP contribution in [-0.2, 0) is 4.79 Å². The Kier molecular flexibility index (Phi) is 5.88. The van der Waals surface area contributed by atoms with E-state index in [1.807, 2.05) is 42.6 Å². The molecule has 2 saturated heterocycles. The summed E-state index contributed by atoms with van der Waals surface area (Å²) in [4.78, 5) is 22.3. The fourth-order valence-corrected chi connectivity index (χ4v) is 4.61. The van der Waals surface area contributed by atoms with Crippen LogP contribution < -0.4 is 14.4 Å². The molecule has 1 amide bonds. The van der Waals surface area contributed by atoms with Crippen LogP contribution in [0.4, 0.5) is 5.82 Å². The van der Waals surface area contributed by atoms with Gasteiger partial charge >= 0.3 is 0 Å². The molecule has 0 saturated carbocycles. The Morgan fingerprint density at radius 2 is 1.93 bits per heavy atom. The number of aromatic nitrogens is 1. The molecule has 29 heavy (non-hydrogen) atoms. The number of rotatable bonds is 5. The maximum atomic E-state index is 13.5. The van der Waals surface area contributed by atoms with Crippen molar-refractivity contribution >= 4 is 11.7 Å². The van der Waals surface area contributed by atoms with E-state index < -0.39 is 0 Å². The molecule has 4 rings (SSSR count). The zero-order valence-corrected chi connectivity index (χ0v) is 17.2. The molecule has 2 aliphatic rings. The van der Waals surface area contributed by atoms with E-state index in [1.165, 1.54) is 0 Å². The van der Waals surface area contributed by atoms with Crippen molar-refractivity contribution in [1.82, 2.24) is 9.88 Å². The number of carbonyl (C=O) groups is 1. The summed E-state index contributed by atoms with van der Waals surface area (Å²) in [5.74, 6) is 2.77. The van der Waals surface area contributed by atoms with E-state index in [4.69, 9.17) is 9.47 Å². The molecule has 0 unspecified atom stereocenters. The van der Waals surface area contributed by atoms with Gasteiger partial charge in [0.05, 0.1) is 26.2 Å². The highest BCUT2D eigenvalue weighted by Crippen LogP contribution is 2.40. The first-order valence-corrected chi connectivity index (χ1v) is 10.4. The minimum atomic E-state index is 0.00981. The Hall–Kier alpha value is -2.76. The first-order chi connectivity index (χ1) is 14.2. The topological polar surface area (TPSA) is 54.9 Å². The number of amides is 1. The van der Waals surface area contributed by atoms with Gasteiger partial charge in [-0.3, -0.25) is 4.79 Å². The number of pyridine rings is 1. The predicted octanol–water partition coefficient (Wildman–Crippen LogP) is 3.68. The molecular formula is C23H29N3O3. The van der Waals surface area contributed by atoms with Gasteiger partial charge in [-0.05, 0) is 49.9 Å². The van der Waals surface area contributed by atoms with Crippen LogP contribution in [0.5, 0.6) is 11.5 Å². The van der Waals surface area contributed by atoms with Crippen LogP contribution in [0.2, 0.25) is 0 Å². The first kappa shape index (κ1) is 19.6. The van der Waals surface area contributed by atoms with Gasteiger partial charge in [-0.25, -0.2) is 4.98 Å². The van der Waals surface area contributed by atoms with Crippen LogP contribution in [-0.4, -0.2) is 49.6 Å². The van der Waals surface area contributed by atoms with E-state index in [1.54, 1.807) is 14.2 Å². The van der Waals surface area contributed by atoms with Gasteiger partial charge in [0.2, 0.25) is 5.91 Å². The molecule has 2 fully saturated rings. The first-order valence-electron chi connectivity index (χ1n) is 10.4. The van der Waals surface area contributed by atoms with Crippen molar-refractivity contribution in [3.05, 3.63) is 48.2 Å². The zero-order chi connectivity index (χ0) is 20.2. The van der Waals surface area contributed by atoms with Crippen molar-refractivity contribution in [2.45, 2.75) is 31.7 Å². The van der Waals surface area contributed by atoms with Crippen LogP contribution in [0.3, 0.4) is 0 Å². The average Bonchev–Trinajstić information content (AvgIpc) is 3.28. The van der Waals surface area contributed by atoms with Crippen molar-refractivity contribution in [3.8, 4) is 11.5 Å². The van der Waals surface area contributed by atoms with E-state index in [9.17, 15) is 4.79 Å². The summed E-state index contributed by atoms with van der Waals surface area (Å²) in [6, 6.07) is 11.9. The number of nitrogens with zero attached hydrogens (tertiary/aromatic N) is 3. The average molecular weight is 396 g/mol. The van der Waals surface area contributed by atoms with Gasteiger partial charge in [-0.15, -0.1) is 0 Å². The largest absolute Gasteiger partial charge is 0.497 e. The number of anilines is 1. The predicted molar refractivity (Wildman–Crippen MR) is 112 cm³/mol. The highest BCUT2D eigenvalue weighted by molar-refractivity contribution is 5.80. The lowest BCUT2D eigenvalue weighted by atomic mass is 9.95. The van der Waals surface area contributed by atoms with Crippen molar-refractivity contribution in [2.24, 2.45) is 5.92 Å². The molecule has 1 aromatic heterocycles. The summed E-state index contributed by atoms with van der Waals surface area (Å²) < 4.78 is 10.9. The maximum Gasteiger partial charge on any atom is 0.227 e. The smallest absolute Gasteiger partial charge is 0.227 e. The fraction of sp³-hybridized carbons (Fsp3) is 0.478. The van der Waals surface area contributed by atoms with E-state index in [0.29, 0.717) is 0 Å². The molecule has 0 bridgehead atoms. The number of piperidine rings is 1. The molecule has 154 valence electrons. The summed E-state index contributed by atoms with van der Waals surface area (Å²) in [6.07, 6.45) is 5.74. The summed E-state index contributed by atoms with van der Waals surface area (Å²) in [7, 11) is 3.32. The Balaban J connectivity index is 1.52. The van der Waals surface area contributed by atoms with Crippen LogP contribution in [0.15, 0.2) is 42.6 Å². The molecule has 0 radical (unpaired) electrons. The zero-order valence-electron chi connectivity index (χ0n) is 17.2. The lowest BCUT2D eigenvalue weighted by Gasteiger charge is -2.36. The van der Waals surface area contributed by atoms with Gasteiger partial charge in [0, 0.05) is 37.5 Å². The third-order valence-corrected chi connectivity index (χ3v) is 6.08. The third kappa shape index (κ3) is 4.02. The van der Waals surface area contributed by atoms with Crippen LogP contribution in [0, 0.1) is 5.92 Å². The van der Waals surface area contributed by atoms with E-state index in [0.717, 1.165) is 68.2 Å². The van der Waals surface area contributed by atoms with Crippen LogP contribution in [0.1, 0.15) is 37.3 Å². The molecule has 0 aliphatic carbocycles. The highest BCUT2D eigenvalue weighted by Gasteiger charge is 2.37. The van der Waals surface area contributed by atoms with Crippen molar-refractivity contribution in [1.29, 1.82) is 0 Å². The molecule has 2 atom stereocenters. The van der Waals surface area contributed by atoms with Gasteiger partial charge in [-0.2, -0.15) is 0 Å². The number of ether oxygens (including phenoxy) is 2. The molecule has 2 aliphatic heterocycles. The number of hydrogen-bond donors (Lipinski definition) is 0. The van der Waals surface area contributed by atoms with Gasteiger partial charge in [-0.1, -0.05) is 6.07 Å². The Morgan fingerprint density at radius 3 is 2.69 bits per heavy atom. The van der Waals surface area contributed by atoms with Crippen molar-refractivity contribution in [2.75, 3.05) is 38.8 Å². The fourth-order valence-electron chi connectivity index (χ4n) is 4.61. The number of carbonyl (C=O) groups excluding carboxylic acids is 1. The minimum absolute atomic E-state index is 0.00981. The molecule has 6 nitrogen and oxygen atoms in total. The third-order valence-electron chi connectivity index (χ3n) is 6.08. The molecule has 0 N–H and O–H groups in total. The normalized spacial score (nSPS) is 21.9. The minimum Gasteiger partial charge on any atom is -0.497 e. The van der Waals surface area contributed by atoms with Crippen molar-refractivity contribution in [3.63, 3.8) is 0 Å². The lowest BCUT2D eigenvalue weighted by molar-refractivity contribution is -0.136. The van der Waals surface area contributed by atoms with Crippen LogP contribution >= 0.6 is 0 Å². The van der Waals surface area contributed by atoms with Gasteiger partial charge in [0.25, 0.3) is 0 Å². The number of methoxy groups -OCH3 is 2. The SMILES string of the molecule is COc1ccc([C@H]2CCCN2C(=O)[C@@H]2CCCN(c3ccccn3)C2)c(OC)c1. The van der Waals surface area contributed by atoms with Crippen LogP contribution in [0.25, 0.3) is 0 Å². The number of likely N-dealkylation sites (tertiary alicyclic amines) is 1. The summed E-state index contributed by atoms with van der Waals surface area (Å²) in [6.45, 7) is 2.49. The van der Waals surface area contributed by atoms with Gasteiger partial charge in [0.15, 0.2) is 0 Å². The Morgan fingerprint density at radius 1 is 1.07 bits per heavy atom. The quantitative estimate of drug-likeness (QED) is 0.773. The van der Waals surface area contributed by atoms with E-state index in [2.05, 4.69) is 14.8 Å².